The SMILES string of the molecule is O=C(O)C(N=C=S)C1CCC1. The molecule has 11 heavy (non-hydrogen) atoms. The molecule has 1 aliphatic carbocycles. The monoisotopic (exact) mass is 171 g/mol. The van der Waals surface area contributed by atoms with Crippen LogP contribution in [0.25, 0.3) is 0 Å². The maximum absolute atomic E-state index is 10.5. The molecule has 1 fully saturated rings. The van der Waals surface area contributed by atoms with E-state index in [-0.39, 0.29) is 5.92 Å². The molecule has 0 spiro atoms. The molecule has 1 saturated carbocycles. The lowest BCUT2D eigenvalue weighted by atomic mass is 9.80. The van der Waals surface area contributed by atoms with E-state index in [1.54, 1.807) is 0 Å². The molecule has 1 rings (SSSR count). The number of hydrogen-bond donors (Lipinski definition) is 1. The van der Waals surface area contributed by atoms with Gasteiger partial charge in [-0.3, -0.25) is 0 Å². The average Bonchev–Trinajstić information content (AvgIpc) is 1.82. The van der Waals surface area contributed by atoms with Crippen LogP contribution in [0, 0.1) is 5.92 Å². The fourth-order valence-electron chi connectivity index (χ4n) is 1.17. The van der Waals surface area contributed by atoms with E-state index in [0.717, 1.165) is 19.3 Å². The van der Waals surface area contributed by atoms with Gasteiger partial charge in [0.2, 0.25) is 0 Å². The lowest BCUT2D eigenvalue weighted by Crippen LogP contribution is -2.32. The van der Waals surface area contributed by atoms with Gasteiger partial charge in [-0.15, -0.1) is 0 Å². The fraction of sp³-hybridized carbons (Fsp3) is 0.714. The Morgan fingerprint density at radius 3 is 2.64 bits per heavy atom. The van der Waals surface area contributed by atoms with Crippen molar-refractivity contribution in [1.29, 1.82) is 0 Å². The van der Waals surface area contributed by atoms with Crippen molar-refractivity contribution in [2.75, 3.05) is 0 Å². The summed E-state index contributed by atoms with van der Waals surface area (Å²) in [6.45, 7) is 0. The van der Waals surface area contributed by atoms with Crippen LogP contribution in [0.4, 0.5) is 0 Å². The quantitative estimate of drug-likeness (QED) is 0.515. The highest BCUT2D eigenvalue weighted by Gasteiger charge is 2.31. The molecular weight excluding hydrogens is 162 g/mol. The van der Waals surface area contributed by atoms with E-state index >= 15 is 0 Å². The molecule has 0 radical (unpaired) electrons. The third-order valence-electron chi connectivity index (χ3n) is 2.04. The van der Waals surface area contributed by atoms with E-state index in [1.807, 2.05) is 0 Å². The molecule has 4 heteroatoms. The minimum Gasteiger partial charge on any atom is -0.480 e. The number of nitrogens with zero attached hydrogens (tertiary/aromatic N) is 1. The molecule has 3 nitrogen and oxygen atoms in total. The van der Waals surface area contributed by atoms with Crippen molar-refractivity contribution in [2.45, 2.75) is 25.3 Å². The van der Waals surface area contributed by atoms with E-state index in [9.17, 15) is 4.79 Å². The Morgan fingerprint density at radius 1 is 1.73 bits per heavy atom. The zero-order valence-corrected chi connectivity index (χ0v) is 6.80. The summed E-state index contributed by atoms with van der Waals surface area (Å²) in [5.41, 5.74) is 0. The zero-order chi connectivity index (χ0) is 8.27. The largest absolute Gasteiger partial charge is 0.480 e. The molecule has 0 heterocycles. The maximum atomic E-state index is 10.5. The van der Waals surface area contributed by atoms with Crippen LogP contribution in [0.1, 0.15) is 19.3 Å². The first-order valence-electron chi connectivity index (χ1n) is 3.55. The van der Waals surface area contributed by atoms with E-state index in [4.69, 9.17) is 5.11 Å². The zero-order valence-electron chi connectivity index (χ0n) is 5.99. The number of aliphatic imine (C=N–C) groups is 1. The van der Waals surface area contributed by atoms with Crippen LogP contribution in [0.15, 0.2) is 4.99 Å². The van der Waals surface area contributed by atoms with Crippen LogP contribution >= 0.6 is 12.2 Å². The van der Waals surface area contributed by atoms with Crippen molar-refractivity contribution in [1.82, 2.24) is 0 Å². The summed E-state index contributed by atoms with van der Waals surface area (Å²) in [5, 5.41) is 10.8. The van der Waals surface area contributed by atoms with Crippen LogP contribution in [-0.2, 0) is 4.79 Å². The number of carboxylic acid groups (broad SMARTS) is 1. The summed E-state index contributed by atoms with van der Waals surface area (Å²) in [4.78, 5) is 14.2. The van der Waals surface area contributed by atoms with E-state index < -0.39 is 12.0 Å². The number of hydrogen-bond acceptors (Lipinski definition) is 3. The van der Waals surface area contributed by atoms with Crippen molar-refractivity contribution in [3.05, 3.63) is 0 Å². The summed E-state index contributed by atoms with van der Waals surface area (Å²) >= 11 is 4.36. The second-order valence-corrected chi connectivity index (χ2v) is 2.88. The van der Waals surface area contributed by atoms with Gasteiger partial charge >= 0.3 is 5.97 Å². The molecule has 0 bridgehead atoms. The first kappa shape index (κ1) is 8.37. The maximum Gasteiger partial charge on any atom is 0.329 e. The molecule has 0 saturated heterocycles. The molecule has 0 amide bonds. The molecule has 0 aromatic heterocycles. The Kier molecular flexibility index (Phi) is 2.74. The van der Waals surface area contributed by atoms with Gasteiger partial charge in [0.25, 0.3) is 0 Å². The summed E-state index contributed by atoms with van der Waals surface area (Å²) in [6.07, 6.45) is 3.02. The summed E-state index contributed by atoms with van der Waals surface area (Å²) < 4.78 is 0. The minimum atomic E-state index is -0.882. The number of carbonyl (C=O) groups is 1. The van der Waals surface area contributed by atoms with Gasteiger partial charge in [0.1, 0.15) is 0 Å². The molecule has 0 aromatic carbocycles. The highest BCUT2D eigenvalue weighted by atomic mass is 32.1. The molecule has 1 atom stereocenters. The van der Waals surface area contributed by atoms with Crippen molar-refractivity contribution >= 4 is 23.3 Å². The summed E-state index contributed by atoms with van der Waals surface area (Å²) in [5.74, 6) is -0.685. The average molecular weight is 171 g/mol. The number of carboxylic acids is 1. The number of aliphatic carboxylic acids is 1. The van der Waals surface area contributed by atoms with Crippen LogP contribution in [0.3, 0.4) is 0 Å². The molecule has 0 aliphatic heterocycles. The lowest BCUT2D eigenvalue weighted by Gasteiger charge is -2.27. The van der Waals surface area contributed by atoms with Crippen LogP contribution in [0.2, 0.25) is 0 Å². The normalized spacial score (nSPS) is 19.6. The second kappa shape index (κ2) is 3.60. The number of rotatable bonds is 3. The van der Waals surface area contributed by atoms with Crippen molar-refractivity contribution in [3.8, 4) is 0 Å². The summed E-state index contributed by atoms with van der Waals surface area (Å²) in [6, 6.07) is -0.638. The number of thiocarbonyl (C=S) groups is 1. The fourth-order valence-corrected chi connectivity index (χ4v) is 1.29. The van der Waals surface area contributed by atoms with E-state index in [2.05, 4.69) is 22.4 Å². The van der Waals surface area contributed by atoms with Crippen LogP contribution in [0.5, 0.6) is 0 Å². The standard InChI is InChI=1S/C7H9NO2S/c9-7(10)6(8-4-11)5-2-1-3-5/h5-6H,1-3H2,(H,9,10). The van der Waals surface area contributed by atoms with Gasteiger partial charge in [-0.25, -0.2) is 9.79 Å². The first-order chi connectivity index (χ1) is 5.25. The number of isothiocyanates is 1. The molecule has 60 valence electrons. The van der Waals surface area contributed by atoms with Crippen molar-refractivity contribution in [2.24, 2.45) is 10.9 Å². The lowest BCUT2D eigenvalue weighted by molar-refractivity contribution is -0.140. The molecular formula is C7H9NO2S. The van der Waals surface area contributed by atoms with E-state index in [1.165, 1.54) is 0 Å². The smallest absolute Gasteiger partial charge is 0.329 e. The van der Waals surface area contributed by atoms with Gasteiger partial charge in [0.05, 0.1) is 5.16 Å². The predicted molar refractivity (Wildman–Crippen MR) is 43.8 cm³/mol. The Balaban J connectivity index is 2.57. The topological polar surface area (TPSA) is 49.7 Å². The van der Waals surface area contributed by atoms with Crippen molar-refractivity contribution in [3.63, 3.8) is 0 Å². The second-order valence-electron chi connectivity index (χ2n) is 2.69. The molecule has 1 unspecified atom stereocenters. The van der Waals surface area contributed by atoms with E-state index in [0.29, 0.717) is 0 Å². The third-order valence-corrected chi connectivity index (χ3v) is 2.15. The highest BCUT2D eigenvalue weighted by Crippen LogP contribution is 2.31. The predicted octanol–water partition coefficient (Wildman–Crippen LogP) is 1.34. The van der Waals surface area contributed by atoms with Crippen molar-refractivity contribution < 1.29 is 9.90 Å². The Hall–Kier alpha value is -0.730. The van der Waals surface area contributed by atoms with Gasteiger partial charge in [0, 0.05) is 0 Å². The Labute approximate surface area is 70.1 Å². The van der Waals surface area contributed by atoms with Gasteiger partial charge in [-0.2, -0.15) is 0 Å². The molecule has 0 aromatic rings. The van der Waals surface area contributed by atoms with Gasteiger partial charge in [0.15, 0.2) is 6.04 Å². The third kappa shape index (κ3) is 1.85. The van der Waals surface area contributed by atoms with Gasteiger partial charge < -0.3 is 5.11 Å². The van der Waals surface area contributed by atoms with Crippen LogP contribution in [-0.4, -0.2) is 22.3 Å². The minimum absolute atomic E-state index is 0.197. The molecule has 1 N–H and O–H groups in total. The Bertz CT molecular complexity index is 204. The molecule has 1 aliphatic rings. The highest BCUT2D eigenvalue weighted by molar-refractivity contribution is 7.78. The summed E-state index contributed by atoms with van der Waals surface area (Å²) in [7, 11) is 0. The Morgan fingerprint density at radius 2 is 2.36 bits per heavy atom. The van der Waals surface area contributed by atoms with Gasteiger partial charge in [-0.1, -0.05) is 6.42 Å². The van der Waals surface area contributed by atoms with Crippen LogP contribution < -0.4 is 0 Å². The van der Waals surface area contributed by atoms with Gasteiger partial charge in [-0.05, 0) is 31.0 Å². The first-order valence-corrected chi connectivity index (χ1v) is 3.96.